The van der Waals surface area contributed by atoms with Crippen molar-refractivity contribution in [3.8, 4) is 6.07 Å². The van der Waals surface area contributed by atoms with Gasteiger partial charge in [0.05, 0.1) is 18.2 Å². The van der Waals surface area contributed by atoms with Crippen molar-refractivity contribution in [2.75, 3.05) is 5.73 Å². The maximum Gasteiger partial charge on any atom is 0.147 e. The minimum Gasteiger partial charge on any atom is -0.396 e. The second kappa shape index (κ2) is 4.27. The van der Waals surface area contributed by atoms with Gasteiger partial charge in [0, 0.05) is 11.1 Å². The number of nitrogens with two attached hydrogens (primary N) is 2. The average molecular weight is 214 g/mol. The van der Waals surface area contributed by atoms with Gasteiger partial charge >= 0.3 is 0 Å². The highest BCUT2D eigenvalue weighted by Gasteiger charge is 2.13. The number of nitriles is 1. The van der Waals surface area contributed by atoms with Crippen LogP contribution in [0.2, 0.25) is 5.02 Å². The Morgan fingerprint density at radius 2 is 2.21 bits per heavy atom. The van der Waals surface area contributed by atoms with Crippen LogP contribution < -0.4 is 11.5 Å². The Hall–Kier alpha value is -1.31. The van der Waals surface area contributed by atoms with Crippen LogP contribution in [0.15, 0.2) is 12.1 Å². The molecule has 4 N–H and O–H groups in total. The van der Waals surface area contributed by atoms with Gasteiger partial charge in [0.2, 0.25) is 0 Å². The summed E-state index contributed by atoms with van der Waals surface area (Å²) >= 11 is 5.63. The van der Waals surface area contributed by atoms with Crippen LogP contribution in [-0.2, 0) is 0 Å². The molecule has 0 amide bonds. The van der Waals surface area contributed by atoms with Gasteiger partial charge in [-0.05, 0) is 17.7 Å². The van der Waals surface area contributed by atoms with E-state index in [0.29, 0.717) is 5.56 Å². The summed E-state index contributed by atoms with van der Waals surface area (Å²) < 4.78 is 13.1. The molecule has 0 aliphatic heterocycles. The molecule has 14 heavy (non-hydrogen) atoms. The van der Waals surface area contributed by atoms with Crippen molar-refractivity contribution < 1.29 is 4.39 Å². The molecular weight excluding hydrogens is 205 g/mol. The minimum atomic E-state index is -0.610. The lowest BCUT2D eigenvalue weighted by molar-refractivity contribution is 0.626. The van der Waals surface area contributed by atoms with Gasteiger partial charge in [0.1, 0.15) is 5.82 Å². The normalized spacial score (nSPS) is 12.1. The summed E-state index contributed by atoms with van der Waals surface area (Å²) in [6.07, 6.45) is 0.0734. The Morgan fingerprint density at radius 1 is 1.57 bits per heavy atom. The Labute approximate surface area is 86.1 Å². The quantitative estimate of drug-likeness (QED) is 0.738. The lowest BCUT2D eigenvalue weighted by Gasteiger charge is -2.12. The largest absolute Gasteiger partial charge is 0.396 e. The van der Waals surface area contributed by atoms with Crippen molar-refractivity contribution in [2.45, 2.75) is 12.5 Å². The molecule has 0 radical (unpaired) electrons. The Balaban J connectivity index is 3.14. The highest BCUT2D eigenvalue weighted by Crippen LogP contribution is 2.27. The number of nitrogen functional groups attached to an aromatic ring is 1. The number of halogens is 2. The molecule has 1 aromatic carbocycles. The molecule has 0 spiro atoms. The van der Waals surface area contributed by atoms with E-state index in [0.717, 1.165) is 6.07 Å². The van der Waals surface area contributed by atoms with Crippen molar-refractivity contribution in [1.82, 2.24) is 0 Å². The first-order chi connectivity index (χ1) is 6.56. The molecule has 0 aromatic heterocycles. The summed E-state index contributed by atoms with van der Waals surface area (Å²) in [6, 6.07) is 3.87. The summed E-state index contributed by atoms with van der Waals surface area (Å²) in [5, 5.41) is 8.65. The van der Waals surface area contributed by atoms with Crippen LogP contribution in [0.5, 0.6) is 0 Å². The standard InChI is InChI=1S/C9H9ClFN3/c10-5-3-6(8(13)1-2-12)9(14)7(11)4-5/h3-4,8H,1,13-14H2/t8-/m1/s1. The molecule has 0 saturated carbocycles. The molecule has 0 aliphatic rings. The highest BCUT2D eigenvalue weighted by atomic mass is 35.5. The predicted octanol–water partition coefficient (Wildman–Crippen LogP) is 1.97. The van der Waals surface area contributed by atoms with E-state index >= 15 is 0 Å². The van der Waals surface area contributed by atoms with Crippen molar-refractivity contribution >= 4 is 17.3 Å². The molecule has 0 fully saturated rings. The first-order valence-electron chi connectivity index (χ1n) is 3.93. The number of benzene rings is 1. The fraction of sp³-hybridized carbons (Fsp3) is 0.222. The molecule has 0 unspecified atom stereocenters. The molecule has 1 atom stereocenters. The third kappa shape index (κ3) is 2.13. The third-order valence-electron chi connectivity index (χ3n) is 1.84. The van der Waals surface area contributed by atoms with E-state index in [-0.39, 0.29) is 17.1 Å². The Kier molecular flexibility index (Phi) is 3.28. The fourth-order valence-electron chi connectivity index (χ4n) is 1.12. The van der Waals surface area contributed by atoms with Gasteiger partial charge in [-0.1, -0.05) is 11.6 Å². The molecule has 0 heterocycles. The van der Waals surface area contributed by atoms with Gasteiger partial charge in [0.25, 0.3) is 0 Å². The van der Waals surface area contributed by atoms with Crippen LogP contribution in [0.25, 0.3) is 0 Å². The summed E-state index contributed by atoms with van der Waals surface area (Å²) in [4.78, 5) is 0. The van der Waals surface area contributed by atoms with E-state index < -0.39 is 11.9 Å². The van der Waals surface area contributed by atoms with Crippen molar-refractivity contribution in [3.63, 3.8) is 0 Å². The molecule has 0 saturated heterocycles. The van der Waals surface area contributed by atoms with Gasteiger partial charge in [-0.15, -0.1) is 0 Å². The van der Waals surface area contributed by atoms with Gasteiger partial charge in [-0.2, -0.15) is 5.26 Å². The van der Waals surface area contributed by atoms with Crippen LogP contribution in [0, 0.1) is 17.1 Å². The monoisotopic (exact) mass is 213 g/mol. The van der Waals surface area contributed by atoms with Crippen LogP contribution in [0.4, 0.5) is 10.1 Å². The number of rotatable bonds is 2. The molecule has 3 nitrogen and oxygen atoms in total. The topological polar surface area (TPSA) is 75.8 Å². The first-order valence-corrected chi connectivity index (χ1v) is 4.31. The van der Waals surface area contributed by atoms with Crippen LogP contribution in [-0.4, -0.2) is 0 Å². The van der Waals surface area contributed by atoms with Gasteiger partial charge in [0.15, 0.2) is 0 Å². The van der Waals surface area contributed by atoms with Gasteiger partial charge < -0.3 is 11.5 Å². The van der Waals surface area contributed by atoms with Crippen molar-refractivity contribution in [2.24, 2.45) is 5.73 Å². The Morgan fingerprint density at radius 3 is 2.79 bits per heavy atom. The molecular formula is C9H9ClFN3. The second-order valence-electron chi connectivity index (χ2n) is 2.86. The maximum atomic E-state index is 13.1. The highest BCUT2D eigenvalue weighted by molar-refractivity contribution is 6.30. The number of nitrogens with zero attached hydrogens (tertiary/aromatic N) is 1. The molecule has 5 heteroatoms. The summed E-state index contributed by atoms with van der Waals surface area (Å²) in [6.45, 7) is 0. The van der Waals surface area contributed by atoms with Crippen LogP contribution in [0.1, 0.15) is 18.0 Å². The Bertz CT molecular complexity index is 386. The molecule has 0 aliphatic carbocycles. The van der Waals surface area contributed by atoms with E-state index in [1.807, 2.05) is 6.07 Å². The SMILES string of the molecule is N#CC[C@@H](N)c1cc(Cl)cc(F)c1N. The van der Waals surface area contributed by atoms with Crippen LogP contribution >= 0.6 is 11.6 Å². The smallest absolute Gasteiger partial charge is 0.147 e. The second-order valence-corrected chi connectivity index (χ2v) is 3.30. The van der Waals surface area contributed by atoms with Crippen molar-refractivity contribution in [3.05, 3.63) is 28.5 Å². The number of hydrogen-bond acceptors (Lipinski definition) is 3. The zero-order valence-electron chi connectivity index (χ0n) is 7.30. The van der Waals surface area contributed by atoms with Crippen LogP contribution in [0.3, 0.4) is 0 Å². The summed E-state index contributed by atoms with van der Waals surface area (Å²) in [5.74, 6) is -0.610. The molecule has 1 rings (SSSR count). The minimum absolute atomic E-state index is 0.0443. The van der Waals surface area contributed by atoms with E-state index in [2.05, 4.69) is 0 Å². The maximum absolute atomic E-state index is 13.1. The number of anilines is 1. The summed E-state index contributed by atoms with van der Waals surface area (Å²) in [5.41, 5.74) is 11.4. The zero-order valence-corrected chi connectivity index (χ0v) is 8.05. The number of hydrogen-bond donors (Lipinski definition) is 2. The third-order valence-corrected chi connectivity index (χ3v) is 2.06. The van der Waals surface area contributed by atoms with Gasteiger partial charge in [-0.25, -0.2) is 4.39 Å². The molecule has 74 valence electrons. The lowest BCUT2D eigenvalue weighted by Crippen LogP contribution is -2.12. The van der Waals surface area contributed by atoms with E-state index in [1.54, 1.807) is 0 Å². The van der Waals surface area contributed by atoms with E-state index in [1.165, 1.54) is 6.07 Å². The first kappa shape index (κ1) is 10.8. The summed E-state index contributed by atoms with van der Waals surface area (Å²) in [7, 11) is 0. The van der Waals surface area contributed by atoms with Gasteiger partial charge in [-0.3, -0.25) is 0 Å². The zero-order chi connectivity index (χ0) is 10.7. The molecule has 0 bridgehead atoms. The lowest BCUT2D eigenvalue weighted by atomic mass is 10.0. The fourth-order valence-corrected chi connectivity index (χ4v) is 1.33. The van der Waals surface area contributed by atoms with E-state index in [9.17, 15) is 4.39 Å². The predicted molar refractivity (Wildman–Crippen MR) is 53.0 cm³/mol. The van der Waals surface area contributed by atoms with E-state index in [4.69, 9.17) is 28.3 Å². The average Bonchev–Trinajstić information content (AvgIpc) is 2.11. The molecule has 1 aromatic rings. The van der Waals surface area contributed by atoms with Crippen molar-refractivity contribution in [1.29, 1.82) is 5.26 Å².